The van der Waals surface area contributed by atoms with Gasteiger partial charge in [0.15, 0.2) is 0 Å². The van der Waals surface area contributed by atoms with Crippen LogP contribution in [-0.4, -0.2) is 38.5 Å². The van der Waals surface area contributed by atoms with Crippen molar-refractivity contribution in [2.45, 2.75) is 76.9 Å². The average molecular weight is 271 g/mol. The second-order valence-electron chi connectivity index (χ2n) is 5.76. The Morgan fingerprint density at radius 2 is 1.74 bits per heavy atom. The number of hydrogen-bond acceptors (Lipinski definition) is 3. The molecule has 1 aliphatic rings. The third-order valence-corrected chi connectivity index (χ3v) is 4.27. The number of nitrogens with one attached hydrogen (secondary N) is 1. The zero-order valence-electron chi connectivity index (χ0n) is 13.2. The Morgan fingerprint density at radius 1 is 1.05 bits per heavy atom. The normalized spacial score (nSPS) is 21.0. The van der Waals surface area contributed by atoms with E-state index in [9.17, 15) is 0 Å². The minimum atomic E-state index is -0.0145. The van der Waals surface area contributed by atoms with Crippen molar-refractivity contribution < 1.29 is 9.47 Å². The Kier molecular flexibility index (Phi) is 8.67. The standard InChI is InChI=1S/C16H33NO2/c1-4-12-17-15(14-19-13-5-2)16(18-3)10-8-6-7-9-11-16/h15,17H,4-14H2,1-3H3. The second kappa shape index (κ2) is 9.73. The van der Waals surface area contributed by atoms with E-state index < -0.39 is 0 Å². The molecule has 0 aromatic heterocycles. The molecule has 114 valence electrons. The van der Waals surface area contributed by atoms with Crippen molar-refractivity contribution in [1.29, 1.82) is 0 Å². The van der Waals surface area contributed by atoms with Crippen LogP contribution in [-0.2, 0) is 9.47 Å². The van der Waals surface area contributed by atoms with Crippen molar-refractivity contribution in [3.8, 4) is 0 Å². The molecule has 0 radical (unpaired) electrons. The summed E-state index contributed by atoms with van der Waals surface area (Å²) >= 11 is 0. The molecule has 19 heavy (non-hydrogen) atoms. The van der Waals surface area contributed by atoms with E-state index in [0.29, 0.717) is 6.04 Å². The molecule has 3 nitrogen and oxygen atoms in total. The molecule has 0 aromatic rings. The van der Waals surface area contributed by atoms with Crippen molar-refractivity contribution in [2.24, 2.45) is 0 Å². The first-order valence-electron chi connectivity index (χ1n) is 8.15. The Labute approximate surface area is 119 Å². The van der Waals surface area contributed by atoms with E-state index in [-0.39, 0.29) is 5.60 Å². The molecule has 1 rings (SSSR count). The van der Waals surface area contributed by atoms with E-state index in [4.69, 9.17) is 9.47 Å². The summed E-state index contributed by atoms with van der Waals surface area (Å²) in [5.74, 6) is 0. The number of ether oxygens (including phenoxy) is 2. The van der Waals surface area contributed by atoms with E-state index in [1.165, 1.54) is 38.5 Å². The summed E-state index contributed by atoms with van der Waals surface area (Å²) in [6.45, 7) is 7.05. The van der Waals surface area contributed by atoms with Crippen LogP contribution in [0.5, 0.6) is 0 Å². The van der Waals surface area contributed by atoms with Crippen molar-refractivity contribution in [3.05, 3.63) is 0 Å². The highest BCUT2D eigenvalue weighted by atomic mass is 16.5. The second-order valence-corrected chi connectivity index (χ2v) is 5.76. The molecule has 0 heterocycles. The molecule has 0 saturated heterocycles. The molecule has 3 heteroatoms. The van der Waals surface area contributed by atoms with Gasteiger partial charge >= 0.3 is 0 Å². The number of hydrogen-bond donors (Lipinski definition) is 1. The fourth-order valence-electron chi connectivity index (χ4n) is 3.08. The fourth-order valence-corrected chi connectivity index (χ4v) is 3.08. The lowest BCUT2D eigenvalue weighted by Gasteiger charge is -2.39. The maximum absolute atomic E-state index is 6.01. The Balaban J connectivity index is 2.65. The highest BCUT2D eigenvalue weighted by Crippen LogP contribution is 2.33. The fraction of sp³-hybridized carbons (Fsp3) is 1.00. The smallest absolute Gasteiger partial charge is 0.0853 e. The minimum Gasteiger partial charge on any atom is -0.380 e. The molecule has 1 fully saturated rings. The third kappa shape index (κ3) is 5.41. The predicted molar refractivity (Wildman–Crippen MR) is 80.6 cm³/mol. The van der Waals surface area contributed by atoms with E-state index >= 15 is 0 Å². The Morgan fingerprint density at radius 3 is 2.26 bits per heavy atom. The molecule has 1 saturated carbocycles. The first-order valence-corrected chi connectivity index (χ1v) is 8.15. The molecule has 1 aliphatic carbocycles. The van der Waals surface area contributed by atoms with E-state index in [0.717, 1.165) is 32.6 Å². The Hall–Kier alpha value is -0.120. The maximum Gasteiger partial charge on any atom is 0.0853 e. The van der Waals surface area contributed by atoms with Crippen molar-refractivity contribution >= 4 is 0 Å². The summed E-state index contributed by atoms with van der Waals surface area (Å²) in [7, 11) is 1.88. The van der Waals surface area contributed by atoms with Gasteiger partial charge in [0.05, 0.1) is 18.2 Å². The van der Waals surface area contributed by atoms with Gasteiger partial charge in [0.2, 0.25) is 0 Å². The molecule has 0 spiro atoms. The average Bonchev–Trinajstić information content (AvgIpc) is 2.69. The first-order chi connectivity index (χ1) is 9.29. The lowest BCUT2D eigenvalue weighted by atomic mass is 9.86. The first kappa shape index (κ1) is 16.9. The molecule has 1 N–H and O–H groups in total. The molecule has 0 aliphatic heterocycles. The number of methoxy groups -OCH3 is 1. The number of rotatable bonds is 9. The molecule has 0 amide bonds. The van der Waals surface area contributed by atoms with Crippen LogP contribution in [0, 0.1) is 0 Å². The van der Waals surface area contributed by atoms with E-state index in [2.05, 4.69) is 19.2 Å². The summed E-state index contributed by atoms with van der Waals surface area (Å²) in [5.41, 5.74) is -0.0145. The molecule has 1 unspecified atom stereocenters. The van der Waals surface area contributed by atoms with Gasteiger partial charge in [-0.2, -0.15) is 0 Å². The van der Waals surface area contributed by atoms with Gasteiger partial charge < -0.3 is 14.8 Å². The molecule has 1 atom stereocenters. The lowest BCUT2D eigenvalue weighted by molar-refractivity contribution is -0.0739. The summed E-state index contributed by atoms with van der Waals surface area (Å²) in [6, 6.07) is 0.335. The van der Waals surface area contributed by atoms with Gasteiger partial charge in [0.1, 0.15) is 0 Å². The topological polar surface area (TPSA) is 30.5 Å². The minimum absolute atomic E-state index is 0.0145. The summed E-state index contributed by atoms with van der Waals surface area (Å²) in [5, 5.41) is 3.67. The maximum atomic E-state index is 6.01. The van der Waals surface area contributed by atoms with E-state index in [1.807, 2.05) is 7.11 Å². The van der Waals surface area contributed by atoms with Gasteiger partial charge in [-0.05, 0) is 32.2 Å². The van der Waals surface area contributed by atoms with Gasteiger partial charge in [0.25, 0.3) is 0 Å². The van der Waals surface area contributed by atoms with Gasteiger partial charge in [-0.1, -0.05) is 39.5 Å². The van der Waals surface area contributed by atoms with Crippen LogP contribution in [0.25, 0.3) is 0 Å². The van der Waals surface area contributed by atoms with Crippen LogP contribution in [0.15, 0.2) is 0 Å². The highest BCUT2D eigenvalue weighted by Gasteiger charge is 2.38. The van der Waals surface area contributed by atoms with Crippen LogP contribution in [0.3, 0.4) is 0 Å². The van der Waals surface area contributed by atoms with Gasteiger partial charge in [-0.15, -0.1) is 0 Å². The highest BCUT2D eigenvalue weighted by molar-refractivity contribution is 4.94. The van der Waals surface area contributed by atoms with Crippen LogP contribution in [0.1, 0.15) is 65.2 Å². The van der Waals surface area contributed by atoms with Crippen LogP contribution >= 0.6 is 0 Å². The molecule has 0 bridgehead atoms. The summed E-state index contributed by atoms with van der Waals surface area (Å²) in [6.07, 6.45) is 9.84. The van der Waals surface area contributed by atoms with Crippen molar-refractivity contribution in [2.75, 3.05) is 26.9 Å². The Bertz CT molecular complexity index is 213. The molecular formula is C16H33NO2. The molecule has 0 aromatic carbocycles. The van der Waals surface area contributed by atoms with Crippen LogP contribution in [0.4, 0.5) is 0 Å². The van der Waals surface area contributed by atoms with Crippen molar-refractivity contribution in [3.63, 3.8) is 0 Å². The SMILES string of the molecule is CCCNC(COCCC)C1(OC)CCCCCC1. The zero-order valence-corrected chi connectivity index (χ0v) is 13.2. The van der Waals surface area contributed by atoms with Gasteiger partial charge in [-0.3, -0.25) is 0 Å². The lowest BCUT2D eigenvalue weighted by Crippen LogP contribution is -2.54. The van der Waals surface area contributed by atoms with Gasteiger partial charge in [0, 0.05) is 13.7 Å². The summed E-state index contributed by atoms with van der Waals surface area (Å²) in [4.78, 5) is 0. The quantitative estimate of drug-likeness (QED) is 0.514. The largest absolute Gasteiger partial charge is 0.380 e. The molecular weight excluding hydrogens is 238 g/mol. The van der Waals surface area contributed by atoms with Gasteiger partial charge in [-0.25, -0.2) is 0 Å². The van der Waals surface area contributed by atoms with Crippen molar-refractivity contribution in [1.82, 2.24) is 5.32 Å². The predicted octanol–water partition coefficient (Wildman–Crippen LogP) is 3.52. The zero-order chi connectivity index (χ0) is 14.0. The monoisotopic (exact) mass is 271 g/mol. The van der Waals surface area contributed by atoms with Crippen LogP contribution < -0.4 is 5.32 Å². The van der Waals surface area contributed by atoms with E-state index in [1.54, 1.807) is 0 Å². The van der Waals surface area contributed by atoms with Crippen LogP contribution in [0.2, 0.25) is 0 Å². The third-order valence-electron chi connectivity index (χ3n) is 4.27. The summed E-state index contributed by atoms with van der Waals surface area (Å²) < 4.78 is 11.8.